The minimum Gasteiger partial charge on any atom is -0.383 e. The third kappa shape index (κ3) is 4.27. The van der Waals surface area contributed by atoms with Crippen LogP contribution in [0.25, 0.3) is 0 Å². The van der Waals surface area contributed by atoms with E-state index in [1.807, 2.05) is 13.8 Å². The van der Waals surface area contributed by atoms with Crippen LogP contribution in [-0.4, -0.2) is 72.1 Å². The van der Waals surface area contributed by atoms with E-state index < -0.39 is 17.7 Å². The molecule has 0 saturated carbocycles. The van der Waals surface area contributed by atoms with Crippen molar-refractivity contribution in [2.24, 2.45) is 5.92 Å². The first-order valence-electron chi connectivity index (χ1n) is 9.60. The minimum atomic E-state index is -0.669. The summed E-state index contributed by atoms with van der Waals surface area (Å²) in [6, 6.07) is 2.37. The van der Waals surface area contributed by atoms with Crippen LogP contribution in [-0.2, 0) is 16.1 Å². The van der Waals surface area contributed by atoms with E-state index >= 15 is 0 Å². The van der Waals surface area contributed by atoms with Gasteiger partial charge in [0.1, 0.15) is 17.7 Å². The second kappa shape index (κ2) is 8.43. The molecular formula is C20H27F2N3O3. The Balaban J connectivity index is 1.81. The van der Waals surface area contributed by atoms with Gasteiger partial charge in [0, 0.05) is 39.4 Å². The predicted octanol–water partition coefficient (Wildman–Crippen LogP) is 2.47. The Labute approximate surface area is 164 Å². The van der Waals surface area contributed by atoms with E-state index in [1.54, 1.807) is 21.8 Å². The van der Waals surface area contributed by atoms with Crippen LogP contribution < -0.4 is 0 Å². The van der Waals surface area contributed by atoms with Crippen molar-refractivity contribution in [2.45, 2.75) is 38.9 Å². The molecule has 2 heterocycles. The molecule has 0 unspecified atom stereocenters. The molecular weight excluding hydrogens is 368 g/mol. The van der Waals surface area contributed by atoms with E-state index in [0.29, 0.717) is 38.2 Å². The summed E-state index contributed by atoms with van der Waals surface area (Å²) in [5.74, 6) is -1.15. The van der Waals surface area contributed by atoms with E-state index in [-0.39, 0.29) is 30.4 Å². The summed E-state index contributed by atoms with van der Waals surface area (Å²) >= 11 is 0. The molecule has 6 nitrogen and oxygen atoms in total. The Morgan fingerprint density at radius 2 is 1.75 bits per heavy atom. The number of hydrogen-bond acceptors (Lipinski definition) is 3. The second-order valence-corrected chi connectivity index (χ2v) is 7.92. The van der Waals surface area contributed by atoms with Gasteiger partial charge in [-0.05, 0) is 30.0 Å². The number of hydrogen-bond donors (Lipinski definition) is 0. The number of nitrogens with zero attached hydrogens (tertiary/aromatic N) is 3. The predicted molar refractivity (Wildman–Crippen MR) is 99.5 cm³/mol. The van der Waals surface area contributed by atoms with Crippen LogP contribution in [0.15, 0.2) is 18.2 Å². The Kier molecular flexibility index (Phi) is 6.17. The molecule has 154 valence electrons. The number of carbonyl (C=O) groups is 2. The van der Waals surface area contributed by atoms with Gasteiger partial charge in [-0.1, -0.05) is 13.8 Å². The fraction of sp³-hybridized carbons (Fsp3) is 0.600. The van der Waals surface area contributed by atoms with Gasteiger partial charge in [-0.15, -0.1) is 0 Å². The minimum absolute atomic E-state index is 0.0611. The SMILES string of the molecule is COCCN1C[C@@H]2CN(Cc3cc(F)cc(F)c3)C(=O)N2[C@@H](CC(C)C)C1=O. The quantitative estimate of drug-likeness (QED) is 0.713. The highest BCUT2D eigenvalue weighted by atomic mass is 19.1. The number of amides is 3. The van der Waals surface area contributed by atoms with Crippen LogP contribution in [0.4, 0.5) is 13.6 Å². The maximum absolute atomic E-state index is 13.5. The van der Waals surface area contributed by atoms with Crippen molar-refractivity contribution in [3.8, 4) is 0 Å². The van der Waals surface area contributed by atoms with Gasteiger partial charge in [-0.3, -0.25) is 4.79 Å². The first kappa shape index (κ1) is 20.5. The maximum atomic E-state index is 13.5. The van der Waals surface area contributed by atoms with Gasteiger partial charge >= 0.3 is 6.03 Å². The topological polar surface area (TPSA) is 53.1 Å². The number of fused-ring (bicyclic) bond motifs is 1. The average Bonchev–Trinajstić information content (AvgIpc) is 2.90. The molecule has 2 fully saturated rings. The number of urea groups is 1. The molecule has 0 aromatic heterocycles. The van der Waals surface area contributed by atoms with Crippen LogP contribution >= 0.6 is 0 Å². The number of benzene rings is 1. The molecule has 0 bridgehead atoms. The largest absolute Gasteiger partial charge is 0.383 e. The lowest BCUT2D eigenvalue weighted by Gasteiger charge is -2.42. The van der Waals surface area contributed by atoms with Gasteiger partial charge in [0.2, 0.25) is 5.91 Å². The number of rotatable bonds is 7. The number of methoxy groups -OCH3 is 1. The molecule has 2 atom stereocenters. The third-order valence-corrected chi connectivity index (χ3v) is 5.24. The Bertz CT molecular complexity index is 723. The first-order chi connectivity index (χ1) is 13.3. The third-order valence-electron chi connectivity index (χ3n) is 5.24. The molecule has 3 amide bonds. The van der Waals surface area contributed by atoms with Crippen molar-refractivity contribution >= 4 is 11.9 Å². The highest BCUT2D eigenvalue weighted by Gasteiger charge is 2.49. The zero-order valence-corrected chi connectivity index (χ0v) is 16.5. The number of carbonyl (C=O) groups excluding carboxylic acids is 2. The van der Waals surface area contributed by atoms with Gasteiger partial charge < -0.3 is 19.4 Å². The molecule has 0 radical (unpaired) electrons. The fourth-order valence-electron chi connectivity index (χ4n) is 4.07. The molecule has 0 N–H and O–H groups in total. The van der Waals surface area contributed by atoms with Crippen LogP contribution in [0.5, 0.6) is 0 Å². The Morgan fingerprint density at radius 1 is 1.11 bits per heavy atom. The smallest absolute Gasteiger partial charge is 0.321 e. The van der Waals surface area contributed by atoms with Gasteiger partial charge in [0.05, 0.1) is 12.6 Å². The zero-order chi connectivity index (χ0) is 20.4. The molecule has 0 aliphatic carbocycles. The van der Waals surface area contributed by atoms with Gasteiger partial charge in [-0.2, -0.15) is 0 Å². The summed E-state index contributed by atoms with van der Waals surface area (Å²) in [4.78, 5) is 31.0. The first-order valence-corrected chi connectivity index (χ1v) is 9.60. The molecule has 1 aromatic rings. The maximum Gasteiger partial charge on any atom is 0.321 e. The molecule has 2 saturated heterocycles. The number of ether oxygens (including phenoxy) is 1. The molecule has 3 rings (SSSR count). The Hall–Kier alpha value is -2.22. The van der Waals surface area contributed by atoms with Crippen molar-refractivity contribution in [2.75, 3.05) is 33.4 Å². The summed E-state index contributed by atoms with van der Waals surface area (Å²) in [6.45, 7) is 5.93. The Morgan fingerprint density at radius 3 is 2.36 bits per heavy atom. The molecule has 28 heavy (non-hydrogen) atoms. The highest BCUT2D eigenvalue weighted by Crippen LogP contribution is 2.30. The van der Waals surface area contributed by atoms with E-state index in [2.05, 4.69) is 0 Å². The lowest BCUT2D eigenvalue weighted by atomic mass is 9.97. The van der Waals surface area contributed by atoms with Crippen LogP contribution in [0.1, 0.15) is 25.8 Å². The van der Waals surface area contributed by atoms with Crippen LogP contribution in [0.3, 0.4) is 0 Å². The van der Waals surface area contributed by atoms with Gasteiger partial charge in [-0.25, -0.2) is 13.6 Å². The lowest BCUT2D eigenvalue weighted by molar-refractivity contribution is -0.143. The number of halogens is 2. The molecule has 8 heteroatoms. The second-order valence-electron chi connectivity index (χ2n) is 7.92. The molecule has 0 spiro atoms. The fourth-order valence-corrected chi connectivity index (χ4v) is 4.07. The van der Waals surface area contributed by atoms with Crippen molar-refractivity contribution in [1.29, 1.82) is 0 Å². The summed E-state index contributed by atoms with van der Waals surface area (Å²) in [5.41, 5.74) is 0.397. The molecule has 2 aliphatic heterocycles. The van der Waals surface area contributed by atoms with Gasteiger partial charge in [0.25, 0.3) is 0 Å². The normalized spacial score (nSPS) is 22.4. The summed E-state index contributed by atoms with van der Waals surface area (Å²) in [5, 5.41) is 0. The summed E-state index contributed by atoms with van der Waals surface area (Å²) in [7, 11) is 1.59. The summed E-state index contributed by atoms with van der Waals surface area (Å²) < 4.78 is 32.1. The van der Waals surface area contributed by atoms with E-state index in [1.165, 1.54) is 12.1 Å². The highest BCUT2D eigenvalue weighted by molar-refractivity contribution is 5.90. The average molecular weight is 395 g/mol. The zero-order valence-electron chi connectivity index (χ0n) is 16.5. The lowest BCUT2D eigenvalue weighted by Crippen LogP contribution is -2.61. The van der Waals surface area contributed by atoms with Crippen LogP contribution in [0, 0.1) is 17.6 Å². The molecule has 1 aromatic carbocycles. The van der Waals surface area contributed by atoms with Crippen molar-refractivity contribution in [1.82, 2.24) is 14.7 Å². The monoisotopic (exact) mass is 395 g/mol. The van der Waals surface area contributed by atoms with Crippen LogP contribution in [0.2, 0.25) is 0 Å². The van der Waals surface area contributed by atoms with Gasteiger partial charge in [0.15, 0.2) is 0 Å². The summed E-state index contributed by atoms with van der Waals surface area (Å²) in [6.07, 6.45) is 0.576. The van der Waals surface area contributed by atoms with E-state index in [0.717, 1.165) is 6.07 Å². The molecule has 2 aliphatic rings. The van der Waals surface area contributed by atoms with Crippen molar-refractivity contribution in [3.63, 3.8) is 0 Å². The van der Waals surface area contributed by atoms with Crippen molar-refractivity contribution < 1.29 is 23.1 Å². The van der Waals surface area contributed by atoms with E-state index in [9.17, 15) is 18.4 Å². The van der Waals surface area contributed by atoms with E-state index in [4.69, 9.17) is 4.74 Å². The number of piperazine rings is 1. The van der Waals surface area contributed by atoms with Crippen molar-refractivity contribution in [3.05, 3.63) is 35.4 Å². The standard InChI is InChI=1S/C20H27F2N3O3/c1-13(2)6-18-19(26)23(4-5-28-3)11-17-12-24(20(27)25(17)18)10-14-7-15(21)9-16(22)8-14/h7-9,13,17-18H,4-6,10-12H2,1-3H3/t17-,18+/m1/s1.